The van der Waals surface area contributed by atoms with Crippen molar-refractivity contribution in [3.63, 3.8) is 0 Å². The minimum Gasteiger partial charge on any atom is -0.351 e. The Labute approximate surface area is 147 Å². The molecule has 0 saturated heterocycles. The van der Waals surface area contributed by atoms with Crippen LogP contribution >= 0.6 is 0 Å². The predicted octanol–water partition coefficient (Wildman–Crippen LogP) is 2.41. The molecule has 3 rings (SSSR count). The molecule has 1 aromatic carbocycles. The maximum absolute atomic E-state index is 12.4. The topological polar surface area (TPSA) is 63.1 Å². The molecule has 6 nitrogen and oxygen atoms in total. The Morgan fingerprint density at radius 1 is 1.24 bits per heavy atom. The number of fused-ring (bicyclic) bond motifs is 1. The lowest BCUT2D eigenvalue weighted by Crippen LogP contribution is -2.31. The number of hydrogen-bond acceptors (Lipinski definition) is 4. The maximum atomic E-state index is 12.4. The van der Waals surface area contributed by atoms with Gasteiger partial charge in [0.15, 0.2) is 5.65 Å². The smallest absolute Gasteiger partial charge is 0.251 e. The van der Waals surface area contributed by atoms with Gasteiger partial charge in [-0.05, 0) is 45.3 Å². The van der Waals surface area contributed by atoms with E-state index in [1.807, 2.05) is 55.4 Å². The van der Waals surface area contributed by atoms with Gasteiger partial charge in [-0.25, -0.2) is 9.97 Å². The molecule has 0 aliphatic heterocycles. The monoisotopic (exact) mass is 337 g/mol. The third-order valence-corrected chi connectivity index (χ3v) is 4.05. The summed E-state index contributed by atoms with van der Waals surface area (Å²) in [4.78, 5) is 23.5. The van der Waals surface area contributed by atoms with Crippen LogP contribution in [0.15, 0.2) is 42.6 Å². The van der Waals surface area contributed by atoms with Gasteiger partial charge in [0.1, 0.15) is 11.3 Å². The van der Waals surface area contributed by atoms with Gasteiger partial charge in [-0.3, -0.25) is 4.79 Å². The largest absolute Gasteiger partial charge is 0.351 e. The van der Waals surface area contributed by atoms with Crippen molar-refractivity contribution in [1.29, 1.82) is 0 Å². The second-order valence-corrected chi connectivity index (χ2v) is 6.17. The average molecular weight is 337 g/mol. The van der Waals surface area contributed by atoms with Crippen LogP contribution in [0.25, 0.3) is 22.6 Å². The van der Waals surface area contributed by atoms with E-state index in [4.69, 9.17) is 4.98 Å². The first kappa shape index (κ1) is 17.1. The van der Waals surface area contributed by atoms with E-state index in [-0.39, 0.29) is 5.91 Å². The van der Waals surface area contributed by atoms with E-state index in [1.54, 1.807) is 6.20 Å². The van der Waals surface area contributed by atoms with E-state index in [2.05, 4.69) is 21.8 Å². The third-order valence-electron chi connectivity index (χ3n) is 4.05. The number of amides is 1. The summed E-state index contributed by atoms with van der Waals surface area (Å²) in [6, 6.07) is 11.4. The lowest BCUT2D eigenvalue weighted by atomic mass is 10.1. The molecule has 1 amide bonds. The highest BCUT2D eigenvalue weighted by Crippen LogP contribution is 2.24. The van der Waals surface area contributed by atoms with E-state index in [1.165, 1.54) is 0 Å². The lowest BCUT2D eigenvalue weighted by Gasteiger charge is -2.11. The number of nitrogens with zero attached hydrogens (tertiary/aromatic N) is 4. The normalized spacial score (nSPS) is 11.2. The van der Waals surface area contributed by atoms with E-state index in [9.17, 15) is 4.79 Å². The van der Waals surface area contributed by atoms with Crippen LogP contribution in [0.5, 0.6) is 0 Å². The first-order chi connectivity index (χ1) is 12.1. The molecule has 3 aromatic rings. The Hall–Kier alpha value is -2.73. The molecule has 0 fully saturated rings. The van der Waals surface area contributed by atoms with Gasteiger partial charge in [0, 0.05) is 37.0 Å². The molecule has 6 heteroatoms. The fourth-order valence-corrected chi connectivity index (χ4v) is 2.77. The van der Waals surface area contributed by atoms with Gasteiger partial charge in [0.2, 0.25) is 0 Å². The molecule has 0 radical (unpaired) electrons. The van der Waals surface area contributed by atoms with Gasteiger partial charge >= 0.3 is 0 Å². The van der Waals surface area contributed by atoms with Gasteiger partial charge in [-0.2, -0.15) is 0 Å². The van der Waals surface area contributed by atoms with Gasteiger partial charge in [-0.15, -0.1) is 0 Å². The molecule has 25 heavy (non-hydrogen) atoms. The molecule has 0 aliphatic rings. The zero-order valence-electron chi connectivity index (χ0n) is 14.9. The van der Waals surface area contributed by atoms with Crippen molar-refractivity contribution < 1.29 is 4.79 Å². The van der Waals surface area contributed by atoms with Gasteiger partial charge in [0.05, 0.1) is 0 Å². The molecule has 0 atom stereocenters. The van der Waals surface area contributed by atoms with E-state index >= 15 is 0 Å². The number of carbonyl (C=O) groups is 1. The Morgan fingerprint density at radius 2 is 2.08 bits per heavy atom. The van der Waals surface area contributed by atoms with E-state index < -0.39 is 0 Å². The second-order valence-electron chi connectivity index (χ2n) is 6.17. The number of aryl methyl sites for hydroxylation is 1. The second kappa shape index (κ2) is 7.44. The molecule has 2 aromatic heterocycles. The number of aromatic nitrogens is 3. The fraction of sp³-hybridized carbons (Fsp3) is 0.316. The highest BCUT2D eigenvalue weighted by molar-refractivity contribution is 5.95. The molecular weight excluding hydrogens is 314 g/mol. The van der Waals surface area contributed by atoms with E-state index in [0.717, 1.165) is 35.6 Å². The fourth-order valence-electron chi connectivity index (χ4n) is 2.77. The van der Waals surface area contributed by atoms with Crippen LogP contribution in [0.1, 0.15) is 17.3 Å². The van der Waals surface area contributed by atoms with Gasteiger partial charge < -0.3 is 14.8 Å². The van der Waals surface area contributed by atoms with Crippen LogP contribution in [0, 0.1) is 0 Å². The van der Waals surface area contributed by atoms with E-state index in [0.29, 0.717) is 12.1 Å². The predicted molar refractivity (Wildman–Crippen MR) is 99.5 cm³/mol. The molecule has 0 saturated carbocycles. The van der Waals surface area contributed by atoms with Crippen LogP contribution in [-0.4, -0.2) is 52.5 Å². The summed E-state index contributed by atoms with van der Waals surface area (Å²) in [6.45, 7) is 4.26. The highest BCUT2D eigenvalue weighted by atomic mass is 16.1. The Kier molecular flexibility index (Phi) is 5.09. The molecule has 0 spiro atoms. The molecule has 0 aliphatic carbocycles. The van der Waals surface area contributed by atoms with Crippen molar-refractivity contribution in [3.05, 3.63) is 48.2 Å². The molecule has 1 N–H and O–H groups in total. The number of imidazole rings is 1. The first-order valence-electron chi connectivity index (χ1n) is 8.44. The summed E-state index contributed by atoms with van der Waals surface area (Å²) in [5.41, 5.74) is 3.28. The first-order valence-corrected chi connectivity index (χ1v) is 8.44. The summed E-state index contributed by atoms with van der Waals surface area (Å²) in [5.74, 6) is 0.764. The molecule has 130 valence electrons. The van der Waals surface area contributed by atoms with Gasteiger partial charge in [0.25, 0.3) is 5.91 Å². The number of carbonyl (C=O) groups excluding carboxylic acids is 1. The minimum absolute atomic E-state index is 0.0685. The lowest BCUT2D eigenvalue weighted by molar-refractivity contribution is 0.0951. The zero-order valence-corrected chi connectivity index (χ0v) is 14.9. The average Bonchev–Trinajstić information content (AvgIpc) is 3.00. The van der Waals surface area contributed by atoms with Crippen molar-refractivity contribution in [3.8, 4) is 11.4 Å². The van der Waals surface area contributed by atoms with Crippen LogP contribution in [-0.2, 0) is 6.54 Å². The van der Waals surface area contributed by atoms with Crippen molar-refractivity contribution in [2.45, 2.75) is 13.5 Å². The number of likely N-dealkylation sites (N-methyl/N-ethyl adjacent to an activating group) is 1. The van der Waals surface area contributed by atoms with Crippen LogP contribution < -0.4 is 5.32 Å². The number of benzene rings is 1. The van der Waals surface area contributed by atoms with Crippen LogP contribution in [0.3, 0.4) is 0 Å². The molecule has 0 unspecified atom stereocenters. The summed E-state index contributed by atoms with van der Waals surface area (Å²) < 4.78 is 2.07. The summed E-state index contributed by atoms with van der Waals surface area (Å²) >= 11 is 0. The van der Waals surface area contributed by atoms with Crippen LogP contribution in [0.2, 0.25) is 0 Å². The minimum atomic E-state index is -0.0685. The Bertz CT molecular complexity index is 884. The Balaban J connectivity index is 1.90. The summed E-state index contributed by atoms with van der Waals surface area (Å²) in [6.07, 6.45) is 1.77. The van der Waals surface area contributed by atoms with Crippen molar-refractivity contribution in [1.82, 2.24) is 24.8 Å². The SMILES string of the molecule is CCn1c(-c2cccc(C(=O)NCCN(C)C)c2)nc2cccnc21. The number of rotatable bonds is 6. The van der Waals surface area contributed by atoms with Crippen LogP contribution in [0.4, 0.5) is 0 Å². The standard InChI is InChI=1S/C19H23N5O/c1-4-24-17(22-16-9-6-10-20-18(16)24)14-7-5-8-15(13-14)19(25)21-11-12-23(2)3/h5-10,13H,4,11-12H2,1-3H3,(H,21,25). The van der Waals surface area contributed by atoms with Gasteiger partial charge in [-0.1, -0.05) is 12.1 Å². The third kappa shape index (κ3) is 3.69. The maximum Gasteiger partial charge on any atom is 0.251 e. The molecule has 0 bridgehead atoms. The zero-order chi connectivity index (χ0) is 17.8. The summed E-state index contributed by atoms with van der Waals surface area (Å²) in [7, 11) is 3.96. The van der Waals surface area contributed by atoms with Crippen molar-refractivity contribution in [2.75, 3.05) is 27.2 Å². The number of pyridine rings is 1. The number of hydrogen-bond donors (Lipinski definition) is 1. The highest BCUT2D eigenvalue weighted by Gasteiger charge is 2.14. The number of nitrogens with one attached hydrogen (secondary N) is 1. The molecular formula is C19H23N5O. The Morgan fingerprint density at radius 3 is 2.84 bits per heavy atom. The van der Waals surface area contributed by atoms with Crippen molar-refractivity contribution >= 4 is 17.1 Å². The molecule has 2 heterocycles. The summed E-state index contributed by atoms with van der Waals surface area (Å²) in [5, 5.41) is 2.94. The quantitative estimate of drug-likeness (QED) is 0.750. The van der Waals surface area contributed by atoms with Crippen molar-refractivity contribution in [2.24, 2.45) is 0 Å².